The molecule has 0 radical (unpaired) electrons. The molecule has 4 aliphatic heterocycles. The Balaban J connectivity index is 0.000000147. The van der Waals surface area contributed by atoms with Crippen LogP contribution in [0, 0.1) is 0 Å². The predicted molar refractivity (Wildman–Crippen MR) is 197 cm³/mol. The van der Waals surface area contributed by atoms with Gasteiger partial charge in [-0.2, -0.15) is 0 Å². The van der Waals surface area contributed by atoms with Crippen molar-refractivity contribution in [3.05, 3.63) is 77.9 Å². The SMILES string of the molecule is CC.c1cc(C2CN(c3ccc4nnnn4n3)CCO2)cc(N2CCOCC2)c1.c1cc2c(cc1C1CN(c3ccc4nnnn4n3)CCO1)OCCO2. The van der Waals surface area contributed by atoms with Gasteiger partial charge < -0.3 is 38.4 Å². The second-order valence-corrected chi connectivity index (χ2v) is 12.6. The molecule has 6 aromatic rings. The van der Waals surface area contributed by atoms with E-state index >= 15 is 0 Å². The maximum atomic E-state index is 6.07. The molecular weight excluding hydrogens is 694 g/mol. The summed E-state index contributed by atoms with van der Waals surface area (Å²) >= 11 is 0. The number of ether oxygens (including phenoxy) is 5. The fourth-order valence-electron chi connectivity index (χ4n) is 6.74. The van der Waals surface area contributed by atoms with E-state index in [1.165, 1.54) is 20.5 Å². The van der Waals surface area contributed by atoms with Gasteiger partial charge in [0.25, 0.3) is 0 Å². The highest BCUT2D eigenvalue weighted by Crippen LogP contribution is 2.35. The normalized spacial score (nSPS) is 19.9. The second kappa shape index (κ2) is 16.5. The quantitative estimate of drug-likeness (QED) is 0.253. The minimum absolute atomic E-state index is 0.00566. The number of hydrogen-bond acceptors (Lipinski definition) is 16. The Bertz CT molecular complexity index is 2140. The third-order valence-electron chi connectivity index (χ3n) is 9.45. The lowest BCUT2D eigenvalue weighted by molar-refractivity contribution is 0.0390. The van der Waals surface area contributed by atoms with Crippen LogP contribution in [0.4, 0.5) is 17.3 Å². The summed E-state index contributed by atoms with van der Waals surface area (Å²) in [5, 5.41) is 31.8. The molecule has 4 aromatic heterocycles. The Morgan fingerprint density at radius 3 is 1.76 bits per heavy atom. The van der Waals surface area contributed by atoms with E-state index in [9.17, 15) is 0 Å². The van der Waals surface area contributed by atoms with Crippen molar-refractivity contribution < 1.29 is 23.7 Å². The van der Waals surface area contributed by atoms with Crippen LogP contribution < -0.4 is 24.2 Å². The van der Waals surface area contributed by atoms with Crippen LogP contribution in [0.25, 0.3) is 11.3 Å². The van der Waals surface area contributed by atoms with Gasteiger partial charge in [-0.15, -0.1) is 29.7 Å². The fourth-order valence-corrected chi connectivity index (χ4v) is 6.74. The monoisotopic (exact) mass is 737 g/mol. The lowest BCUT2D eigenvalue weighted by Gasteiger charge is -2.34. The Morgan fingerprint density at radius 2 is 1.13 bits per heavy atom. The summed E-state index contributed by atoms with van der Waals surface area (Å²) in [7, 11) is 0. The molecule has 282 valence electrons. The Hall–Kier alpha value is -5.72. The largest absolute Gasteiger partial charge is 0.486 e. The zero-order valence-electron chi connectivity index (χ0n) is 30.3. The first-order chi connectivity index (χ1) is 26.7. The number of morpholine rings is 3. The van der Waals surface area contributed by atoms with Crippen LogP contribution in [-0.2, 0) is 14.2 Å². The molecule has 4 aliphatic rings. The van der Waals surface area contributed by atoms with Gasteiger partial charge >= 0.3 is 0 Å². The summed E-state index contributed by atoms with van der Waals surface area (Å²) in [6.07, 6.45) is -0.0537. The zero-order chi connectivity index (χ0) is 36.7. The maximum Gasteiger partial charge on any atom is 0.200 e. The van der Waals surface area contributed by atoms with Crippen LogP contribution in [-0.4, -0.2) is 129 Å². The molecule has 2 unspecified atom stereocenters. The smallest absolute Gasteiger partial charge is 0.200 e. The van der Waals surface area contributed by atoms with Crippen molar-refractivity contribution in [1.29, 1.82) is 0 Å². The number of hydrogen-bond donors (Lipinski definition) is 0. The van der Waals surface area contributed by atoms with Crippen LogP contribution in [0.1, 0.15) is 37.2 Å². The molecule has 2 atom stereocenters. The third kappa shape index (κ3) is 7.80. The van der Waals surface area contributed by atoms with E-state index in [-0.39, 0.29) is 12.2 Å². The lowest BCUT2D eigenvalue weighted by atomic mass is 10.1. The van der Waals surface area contributed by atoms with Crippen molar-refractivity contribution in [2.75, 3.05) is 93.6 Å². The van der Waals surface area contributed by atoms with E-state index in [1.807, 2.05) is 56.3 Å². The van der Waals surface area contributed by atoms with Gasteiger partial charge in [-0.3, -0.25) is 0 Å². The molecule has 0 amide bonds. The number of aromatic nitrogens is 10. The van der Waals surface area contributed by atoms with Gasteiger partial charge in [-0.05, 0) is 80.5 Å². The first-order valence-electron chi connectivity index (χ1n) is 18.4. The molecule has 54 heavy (non-hydrogen) atoms. The molecular formula is C36H43N13O5. The van der Waals surface area contributed by atoms with Crippen LogP contribution >= 0.6 is 0 Å². The molecule has 0 spiro atoms. The standard InChI is InChI=1S/C18H21N7O2.C16H16N6O3.C2H6/c1-2-14(12-15(3-1)23-6-9-26-10-7-23)16-13-24(8-11-27-16)18-5-4-17-19-21-22-25(17)20-18;1-2-12-13(25-8-7-24-12)9-11(1)14-10-21(5-6-23-14)16-4-3-15-17-19-20-22(15)18-16;1-2/h1-5,12,16H,6-11,13H2;1-4,9,14H,5-8,10H2;1-2H3. The number of rotatable bonds is 5. The summed E-state index contributed by atoms with van der Waals surface area (Å²) in [5.74, 6) is 3.24. The molecule has 18 nitrogen and oxygen atoms in total. The van der Waals surface area contributed by atoms with E-state index in [0.29, 0.717) is 44.3 Å². The van der Waals surface area contributed by atoms with E-state index in [2.05, 4.69) is 80.2 Å². The average molecular weight is 738 g/mol. The van der Waals surface area contributed by atoms with E-state index < -0.39 is 0 Å². The Labute approximate surface area is 311 Å². The fraction of sp³-hybridized carbons (Fsp3) is 0.444. The minimum atomic E-state index is -0.0593. The molecule has 3 fully saturated rings. The molecule has 0 bridgehead atoms. The number of tetrazole rings is 2. The molecule has 3 saturated heterocycles. The van der Waals surface area contributed by atoms with Crippen molar-refractivity contribution in [2.24, 2.45) is 0 Å². The molecule has 0 aliphatic carbocycles. The Morgan fingerprint density at radius 1 is 0.556 bits per heavy atom. The maximum absolute atomic E-state index is 6.07. The first-order valence-corrected chi connectivity index (χ1v) is 18.4. The van der Waals surface area contributed by atoms with Gasteiger partial charge in [0.05, 0.1) is 26.4 Å². The summed E-state index contributed by atoms with van der Waals surface area (Å²) in [6.45, 7) is 12.8. The Kier molecular flexibility index (Phi) is 10.8. The number of fused-ring (bicyclic) bond motifs is 3. The van der Waals surface area contributed by atoms with Crippen molar-refractivity contribution >= 4 is 28.6 Å². The topological polar surface area (TPSA) is 168 Å². The second-order valence-electron chi connectivity index (χ2n) is 12.6. The van der Waals surface area contributed by atoms with Gasteiger partial charge in [0.15, 0.2) is 34.4 Å². The summed E-state index contributed by atoms with van der Waals surface area (Å²) < 4.78 is 31.6. The molecule has 2 aromatic carbocycles. The van der Waals surface area contributed by atoms with E-state index in [0.717, 1.165) is 74.6 Å². The summed E-state index contributed by atoms with van der Waals surface area (Å²) in [6, 6.07) is 22.2. The van der Waals surface area contributed by atoms with Crippen LogP contribution in [0.2, 0.25) is 0 Å². The number of nitrogens with zero attached hydrogens (tertiary/aromatic N) is 13. The third-order valence-corrected chi connectivity index (χ3v) is 9.45. The van der Waals surface area contributed by atoms with Crippen molar-refractivity contribution in [2.45, 2.75) is 26.1 Å². The highest BCUT2D eigenvalue weighted by atomic mass is 16.6. The summed E-state index contributed by atoms with van der Waals surface area (Å²) in [4.78, 5) is 6.75. The first kappa shape index (κ1) is 35.3. The van der Waals surface area contributed by atoms with Crippen molar-refractivity contribution in [3.63, 3.8) is 0 Å². The van der Waals surface area contributed by atoms with Crippen molar-refractivity contribution in [3.8, 4) is 11.5 Å². The molecule has 0 N–H and O–H groups in total. The number of benzene rings is 2. The van der Waals surface area contributed by atoms with E-state index in [1.54, 1.807) is 0 Å². The molecule has 0 saturated carbocycles. The van der Waals surface area contributed by atoms with E-state index in [4.69, 9.17) is 23.7 Å². The van der Waals surface area contributed by atoms with Gasteiger partial charge in [-0.1, -0.05) is 32.0 Å². The van der Waals surface area contributed by atoms with Gasteiger partial charge in [-0.25, -0.2) is 0 Å². The minimum Gasteiger partial charge on any atom is -0.486 e. The summed E-state index contributed by atoms with van der Waals surface area (Å²) in [5.41, 5.74) is 4.75. The molecule has 10 rings (SSSR count). The highest BCUT2D eigenvalue weighted by Gasteiger charge is 2.26. The number of anilines is 3. The van der Waals surface area contributed by atoms with Gasteiger partial charge in [0, 0.05) is 45.0 Å². The van der Waals surface area contributed by atoms with Crippen molar-refractivity contribution in [1.82, 2.24) is 50.5 Å². The van der Waals surface area contributed by atoms with Gasteiger partial charge in [0.1, 0.15) is 25.4 Å². The van der Waals surface area contributed by atoms with Crippen LogP contribution in [0.15, 0.2) is 66.7 Å². The van der Waals surface area contributed by atoms with Crippen LogP contribution in [0.5, 0.6) is 11.5 Å². The zero-order valence-corrected chi connectivity index (χ0v) is 30.3. The average Bonchev–Trinajstić information content (AvgIpc) is 3.94. The van der Waals surface area contributed by atoms with Gasteiger partial charge in [0.2, 0.25) is 0 Å². The van der Waals surface area contributed by atoms with Crippen LogP contribution in [0.3, 0.4) is 0 Å². The molecule has 18 heteroatoms. The highest BCUT2D eigenvalue weighted by molar-refractivity contribution is 5.51. The lowest BCUT2D eigenvalue weighted by Crippen LogP contribution is -2.39. The predicted octanol–water partition coefficient (Wildman–Crippen LogP) is 2.83. The molecule has 8 heterocycles.